The number of rotatable bonds is 8. The van der Waals surface area contributed by atoms with Gasteiger partial charge in [-0.15, -0.1) is 11.8 Å². The molecule has 0 aliphatic rings. The second kappa shape index (κ2) is 9.48. The van der Waals surface area contributed by atoms with Crippen molar-refractivity contribution in [3.05, 3.63) is 65.2 Å². The largest absolute Gasteiger partial charge is 0.491 e. The van der Waals surface area contributed by atoms with Gasteiger partial charge in [-0.2, -0.15) is 0 Å². The van der Waals surface area contributed by atoms with E-state index in [1.54, 1.807) is 17.8 Å². The molecule has 0 aliphatic carbocycles. The Morgan fingerprint density at radius 1 is 1.17 bits per heavy atom. The Hall–Kier alpha value is -1.65. The molecule has 2 aromatic carbocycles. The third-order valence-electron chi connectivity index (χ3n) is 3.23. The van der Waals surface area contributed by atoms with Crippen molar-refractivity contribution in [2.45, 2.75) is 13.0 Å². The van der Waals surface area contributed by atoms with Crippen LogP contribution in [-0.2, 0) is 4.79 Å². The Balaban J connectivity index is 1.63. The number of nitrogens with one attached hydrogen (secondary N) is 1. The van der Waals surface area contributed by atoms with E-state index in [4.69, 9.17) is 16.3 Å². The van der Waals surface area contributed by atoms with E-state index in [-0.39, 0.29) is 11.9 Å². The van der Waals surface area contributed by atoms with Gasteiger partial charge in [-0.05, 0) is 24.6 Å². The molecule has 0 saturated carbocycles. The van der Waals surface area contributed by atoms with Crippen molar-refractivity contribution in [2.75, 3.05) is 18.1 Å². The van der Waals surface area contributed by atoms with Crippen molar-refractivity contribution in [3.8, 4) is 5.75 Å². The Morgan fingerprint density at radius 2 is 1.87 bits per heavy atom. The summed E-state index contributed by atoms with van der Waals surface area (Å²) in [5.74, 6) is 1.86. The molecule has 0 heterocycles. The van der Waals surface area contributed by atoms with Crippen LogP contribution in [0.2, 0.25) is 5.02 Å². The van der Waals surface area contributed by atoms with Crippen LogP contribution in [0, 0.1) is 0 Å². The Morgan fingerprint density at radius 3 is 2.61 bits per heavy atom. The number of halogens is 1. The number of thioether (sulfide) groups is 1. The Kier molecular flexibility index (Phi) is 7.30. The van der Waals surface area contributed by atoms with Crippen molar-refractivity contribution >= 4 is 29.3 Å². The van der Waals surface area contributed by atoms with Crippen molar-refractivity contribution < 1.29 is 9.53 Å². The number of hydrogen-bond acceptors (Lipinski definition) is 3. The van der Waals surface area contributed by atoms with Gasteiger partial charge in [0.1, 0.15) is 5.75 Å². The maximum absolute atomic E-state index is 11.9. The molecule has 0 fully saturated rings. The number of amides is 1. The Labute approximate surface area is 146 Å². The van der Waals surface area contributed by atoms with Crippen molar-refractivity contribution in [2.24, 2.45) is 0 Å². The van der Waals surface area contributed by atoms with Crippen LogP contribution < -0.4 is 10.1 Å². The highest BCUT2D eigenvalue weighted by Crippen LogP contribution is 2.23. The average molecular weight is 350 g/mol. The minimum Gasteiger partial charge on any atom is -0.491 e. The summed E-state index contributed by atoms with van der Waals surface area (Å²) >= 11 is 7.55. The number of hydrogen-bond donors (Lipinski definition) is 1. The van der Waals surface area contributed by atoms with Crippen molar-refractivity contribution in [3.63, 3.8) is 0 Å². The highest BCUT2D eigenvalue weighted by Gasteiger charge is 2.09. The standard InChI is InChI=1S/C18H20ClNO2S/c1-14(15-7-3-2-4-8-15)20-18(21)13-23-12-11-22-17-10-6-5-9-16(17)19/h2-10,14H,11-13H2,1H3,(H,20,21)/t14-/m0/s1. The Bertz CT molecular complexity index is 621. The second-order valence-electron chi connectivity index (χ2n) is 5.03. The molecule has 2 rings (SSSR count). The van der Waals surface area contributed by atoms with Crippen LogP contribution in [0.1, 0.15) is 18.5 Å². The van der Waals surface area contributed by atoms with Crippen LogP contribution >= 0.6 is 23.4 Å². The lowest BCUT2D eigenvalue weighted by molar-refractivity contribution is -0.119. The highest BCUT2D eigenvalue weighted by molar-refractivity contribution is 7.99. The van der Waals surface area contributed by atoms with E-state index in [0.29, 0.717) is 23.1 Å². The molecule has 0 saturated heterocycles. The van der Waals surface area contributed by atoms with Crippen LogP contribution in [0.25, 0.3) is 0 Å². The number of para-hydroxylation sites is 1. The molecule has 1 N–H and O–H groups in total. The van der Waals surface area contributed by atoms with Crippen LogP contribution in [0.4, 0.5) is 0 Å². The zero-order valence-electron chi connectivity index (χ0n) is 13.0. The fraction of sp³-hybridized carbons (Fsp3) is 0.278. The molecule has 122 valence electrons. The molecular weight excluding hydrogens is 330 g/mol. The van der Waals surface area contributed by atoms with Crippen LogP contribution in [-0.4, -0.2) is 24.0 Å². The predicted molar refractivity (Wildman–Crippen MR) is 97.3 cm³/mol. The summed E-state index contributed by atoms with van der Waals surface area (Å²) in [6.45, 7) is 2.51. The van der Waals surface area contributed by atoms with Crippen LogP contribution in [0.3, 0.4) is 0 Å². The number of carbonyl (C=O) groups is 1. The lowest BCUT2D eigenvalue weighted by atomic mass is 10.1. The van der Waals surface area contributed by atoms with Gasteiger partial charge >= 0.3 is 0 Å². The van der Waals surface area contributed by atoms with E-state index >= 15 is 0 Å². The van der Waals surface area contributed by atoms with Gasteiger partial charge in [0.25, 0.3) is 0 Å². The van der Waals surface area contributed by atoms with Gasteiger partial charge in [0.2, 0.25) is 5.91 Å². The maximum Gasteiger partial charge on any atom is 0.230 e. The normalized spacial score (nSPS) is 11.7. The first-order valence-electron chi connectivity index (χ1n) is 7.46. The molecule has 1 atom stereocenters. The minimum absolute atomic E-state index is 0.0173. The molecule has 0 spiro atoms. The quantitative estimate of drug-likeness (QED) is 0.721. The maximum atomic E-state index is 11.9. The molecule has 23 heavy (non-hydrogen) atoms. The fourth-order valence-corrected chi connectivity index (χ4v) is 2.85. The summed E-state index contributed by atoms with van der Waals surface area (Å²) < 4.78 is 5.58. The molecule has 1 amide bonds. The first-order valence-corrected chi connectivity index (χ1v) is 8.99. The van der Waals surface area contributed by atoms with Gasteiger partial charge in [0, 0.05) is 5.75 Å². The van der Waals surface area contributed by atoms with E-state index < -0.39 is 0 Å². The number of benzene rings is 2. The number of carbonyl (C=O) groups excluding carboxylic acids is 1. The second-order valence-corrected chi connectivity index (χ2v) is 6.54. The van der Waals surface area contributed by atoms with Crippen LogP contribution in [0.15, 0.2) is 54.6 Å². The zero-order valence-corrected chi connectivity index (χ0v) is 14.6. The topological polar surface area (TPSA) is 38.3 Å². The van der Waals surface area contributed by atoms with E-state index in [1.807, 2.05) is 55.5 Å². The first kappa shape index (κ1) is 17.7. The molecule has 5 heteroatoms. The van der Waals surface area contributed by atoms with E-state index in [0.717, 1.165) is 11.3 Å². The van der Waals surface area contributed by atoms with Gasteiger partial charge < -0.3 is 10.1 Å². The summed E-state index contributed by atoms with van der Waals surface area (Å²) in [5.41, 5.74) is 1.10. The van der Waals surface area contributed by atoms with Gasteiger partial charge in [0.05, 0.1) is 23.4 Å². The highest BCUT2D eigenvalue weighted by atomic mass is 35.5. The van der Waals surface area contributed by atoms with E-state index in [2.05, 4.69) is 5.32 Å². The predicted octanol–water partition coefficient (Wildman–Crippen LogP) is 4.33. The SMILES string of the molecule is C[C@H](NC(=O)CSCCOc1ccccc1Cl)c1ccccc1. The fourth-order valence-electron chi connectivity index (χ4n) is 2.05. The van der Waals surface area contributed by atoms with E-state index in [1.165, 1.54) is 0 Å². The van der Waals surface area contributed by atoms with Crippen LogP contribution in [0.5, 0.6) is 5.75 Å². The lowest BCUT2D eigenvalue weighted by Crippen LogP contribution is -2.28. The lowest BCUT2D eigenvalue weighted by Gasteiger charge is -2.14. The summed E-state index contributed by atoms with van der Waals surface area (Å²) in [6, 6.07) is 17.3. The van der Waals surface area contributed by atoms with Gasteiger partial charge in [-0.3, -0.25) is 4.79 Å². The molecule has 0 unspecified atom stereocenters. The average Bonchev–Trinajstić information content (AvgIpc) is 2.57. The summed E-state index contributed by atoms with van der Waals surface area (Å²) in [7, 11) is 0. The summed E-state index contributed by atoms with van der Waals surface area (Å²) in [4.78, 5) is 11.9. The van der Waals surface area contributed by atoms with Gasteiger partial charge in [-0.25, -0.2) is 0 Å². The minimum atomic E-state index is 0.0173. The van der Waals surface area contributed by atoms with Gasteiger partial charge in [-0.1, -0.05) is 54.1 Å². The van der Waals surface area contributed by atoms with E-state index in [9.17, 15) is 4.79 Å². The third kappa shape index (κ3) is 6.16. The monoisotopic (exact) mass is 349 g/mol. The molecule has 0 radical (unpaired) electrons. The molecule has 0 aliphatic heterocycles. The molecular formula is C18H20ClNO2S. The summed E-state index contributed by atoms with van der Waals surface area (Å²) in [6.07, 6.45) is 0. The third-order valence-corrected chi connectivity index (χ3v) is 4.47. The molecule has 2 aromatic rings. The number of ether oxygens (including phenoxy) is 1. The molecule has 0 bridgehead atoms. The van der Waals surface area contributed by atoms with Gasteiger partial charge in [0.15, 0.2) is 0 Å². The molecule has 3 nitrogen and oxygen atoms in total. The van der Waals surface area contributed by atoms with Crippen molar-refractivity contribution in [1.82, 2.24) is 5.32 Å². The summed E-state index contributed by atoms with van der Waals surface area (Å²) in [5, 5.41) is 3.60. The first-order chi connectivity index (χ1) is 11.2. The van der Waals surface area contributed by atoms with Crippen molar-refractivity contribution in [1.29, 1.82) is 0 Å². The smallest absolute Gasteiger partial charge is 0.230 e. The molecule has 0 aromatic heterocycles. The zero-order chi connectivity index (χ0) is 16.5.